The minimum Gasteiger partial charge on any atom is -0.328 e. The Balaban J connectivity index is 1.66. The van der Waals surface area contributed by atoms with Crippen molar-refractivity contribution in [2.75, 3.05) is 0 Å². The lowest BCUT2D eigenvalue weighted by molar-refractivity contribution is 0.0727. The lowest BCUT2D eigenvalue weighted by atomic mass is 10.1. The Labute approximate surface area is 190 Å². The zero-order chi connectivity index (χ0) is 21.8. The van der Waals surface area contributed by atoms with Crippen molar-refractivity contribution in [3.8, 4) is 5.82 Å². The molecular formula is C23H19Cl2N5O. The van der Waals surface area contributed by atoms with Crippen molar-refractivity contribution in [3.05, 3.63) is 106 Å². The van der Waals surface area contributed by atoms with Gasteiger partial charge in [-0.15, -0.1) is 0 Å². The average Bonchev–Trinajstić information content (AvgIpc) is 3.18. The molecular weight excluding hydrogens is 433 g/mol. The summed E-state index contributed by atoms with van der Waals surface area (Å²) in [7, 11) is 0. The molecule has 0 N–H and O–H groups in total. The van der Waals surface area contributed by atoms with Gasteiger partial charge < -0.3 is 4.90 Å². The summed E-state index contributed by atoms with van der Waals surface area (Å²) in [5.41, 5.74) is 2.87. The van der Waals surface area contributed by atoms with E-state index in [0.717, 1.165) is 11.3 Å². The minimum atomic E-state index is -0.156. The van der Waals surface area contributed by atoms with Crippen molar-refractivity contribution < 1.29 is 4.79 Å². The molecule has 6 nitrogen and oxygen atoms in total. The molecule has 3 heterocycles. The van der Waals surface area contributed by atoms with E-state index >= 15 is 0 Å². The van der Waals surface area contributed by atoms with Crippen molar-refractivity contribution in [1.82, 2.24) is 24.6 Å². The molecule has 4 aromatic rings. The number of hydrogen-bond acceptors (Lipinski definition) is 4. The maximum absolute atomic E-state index is 13.5. The van der Waals surface area contributed by atoms with E-state index in [2.05, 4.69) is 15.1 Å². The second-order valence-corrected chi connectivity index (χ2v) is 7.79. The zero-order valence-electron chi connectivity index (χ0n) is 16.7. The number of carbonyl (C=O) groups excluding carboxylic acids is 1. The first-order valence-electron chi connectivity index (χ1n) is 9.62. The van der Waals surface area contributed by atoms with Gasteiger partial charge in [0.15, 0.2) is 5.82 Å². The maximum atomic E-state index is 13.5. The van der Waals surface area contributed by atoms with Crippen LogP contribution in [0, 0.1) is 6.92 Å². The quantitative estimate of drug-likeness (QED) is 0.408. The van der Waals surface area contributed by atoms with Crippen LogP contribution in [0.1, 0.15) is 27.3 Å². The average molecular weight is 452 g/mol. The highest BCUT2D eigenvalue weighted by Crippen LogP contribution is 2.24. The lowest BCUT2D eigenvalue weighted by Crippen LogP contribution is -2.30. The van der Waals surface area contributed by atoms with Gasteiger partial charge in [-0.25, -0.2) is 9.67 Å². The summed E-state index contributed by atoms with van der Waals surface area (Å²) >= 11 is 12.2. The minimum absolute atomic E-state index is 0.156. The highest BCUT2D eigenvalue weighted by atomic mass is 35.5. The second-order valence-electron chi connectivity index (χ2n) is 6.97. The van der Waals surface area contributed by atoms with Gasteiger partial charge in [0.2, 0.25) is 0 Å². The number of halogens is 2. The predicted octanol–water partition coefficient (Wildman–Crippen LogP) is 5.12. The fourth-order valence-electron chi connectivity index (χ4n) is 3.24. The molecule has 0 spiro atoms. The van der Waals surface area contributed by atoms with Crippen molar-refractivity contribution in [1.29, 1.82) is 0 Å². The summed E-state index contributed by atoms with van der Waals surface area (Å²) in [6, 6.07) is 16.5. The topological polar surface area (TPSA) is 63.9 Å². The molecule has 0 saturated carbocycles. The van der Waals surface area contributed by atoms with E-state index in [1.165, 1.54) is 0 Å². The highest BCUT2D eigenvalue weighted by molar-refractivity contribution is 6.42. The van der Waals surface area contributed by atoms with Crippen LogP contribution in [-0.4, -0.2) is 30.6 Å². The van der Waals surface area contributed by atoms with Crippen molar-refractivity contribution in [2.24, 2.45) is 0 Å². The fourth-order valence-corrected chi connectivity index (χ4v) is 3.57. The van der Waals surface area contributed by atoms with E-state index in [0.29, 0.717) is 40.2 Å². The Morgan fingerprint density at radius 3 is 2.42 bits per heavy atom. The van der Waals surface area contributed by atoms with Gasteiger partial charge in [0, 0.05) is 18.9 Å². The number of benzene rings is 1. The van der Waals surface area contributed by atoms with E-state index in [1.54, 1.807) is 40.3 Å². The van der Waals surface area contributed by atoms with Crippen LogP contribution in [0.25, 0.3) is 5.82 Å². The van der Waals surface area contributed by atoms with E-state index in [9.17, 15) is 4.79 Å². The van der Waals surface area contributed by atoms with Crippen LogP contribution in [0.4, 0.5) is 0 Å². The van der Waals surface area contributed by atoms with Crippen LogP contribution < -0.4 is 0 Å². The third kappa shape index (κ3) is 4.76. The Hall–Kier alpha value is -3.22. The van der Waals surface area contributed by atoms with Crippen LogP contribution in [-0.2, 0) is 13.1 Å². The summed E-state index contributed by atoms with van der Waals surface area (Å²) in [6.07, 6.45) is 4.98. The smallest absolute Gasteiger partial charge is 0.257 e. The van der Waals surface area contributed by atoms with Crippen molar-refractivity contribution >= 4 is 29.1 Å². The Morgan fingerprint density at radius 2 is 1.74 bits per heavy atom. The van der Waals surface area contributed by atoms with E-state index in [-0.39, 0.29) is 5.91 Å². The molecule has 156 valence electrons. The van der Waals surface area contributed by atoms with Gasteiger partial charge in [-0.05, 0) is 48.9 Å². The number of hydrogen-bond donors (Lipinski definition) is 0. The van der Waals surface area contributed by atoms with Crippen LogP contribution in [0.15, 0.2) is 73.2 Å². The molecule has 0 saturated heterocycles. The number of amides is 1. The Morgan fingerprint density at radius 1 is 0.968 bits per heavy atom. The molecule has 0 bridgehead atoms. The molecule has 0 unspecified atom stereocenters. The first kappa shape index (κ1) is 21.0. The largest absolute Gasteiger partial charge is 0.328 e. The fraction of sp³-hybridized carbons (Fsp3) is 0.130. The highest BCUT2D eigenvalue weighted by Gasteiger charge is 2.22. The maximum Gasteiger partial charge on any atom is 0.257 e. The first-order chi connectivity index (χ1) is 15.0. The summed E-state index contributed by atoms with van der Waals surface area (Å²) in [4.78, 5) is 23.9. The van der Waals surface area contributed by atoms with Crippen LogP contribution in [0.5, 0.6) is 0 Å². The van der Waals surface area contributed by atoms with Crippen LogP contribution >= 0.6 is 23.2 Å². The third-order valence-electron chi connectivity index (χ3n) is 4.83. The molecule has 3 aromatic heterocycles. The van der Waals surface area contributed by atoms with E-state index < -0.39 is 0 Å². The van der Waals surface area contributed by atoms with Crippen LogP contribution in [0.2, 0.25) is 10.0 Å². The molecule has 4 rings (SSSR count). The standard InChI is InChI=1S/C23H19Cl2N5O/c1-16-19(13-28-30(16)22-7-3-5-11-27-22)23(31)29(15-18-6-2-4-10-26-18)14-17-8-9-20(24)21(25)12-17/h2-13H,14-15H2,1H3. The van der Waals surface area contributed by atoms with Crippen LogP contribution in [0.3, 0.4) is 0 Å². The normalized spacial score (nSPS) is 10.8. The summed E-state index contributed by atoms with van der Waals surface area (Å²) < 4.78 is 1.66. The molecule has 0 fully saturated rings. The van der Waals surface area contributed by atoms with Crippen molar-refractivity contribution in [2.45, 2.75) is 20.0 Å². The lowest BCUT2D eigenvalue weighted by Gasteiger charge is -2.23. The number of nitrogens with zero attached hydrogens (tertiary/aromatic N) is 5. The molecule has 31 heavy (non-hydrogen) atoms. The molecule has 0 atom stereocenters. The number of pyridine rings is 2. The van der Waals surface area contributed by atoms with Gasteiger partial charge in [-0.1, -0.05) is 41.4 Å². The van der Waals surface area contributed by atoms with E-state index in [4.69, 9.17) is 23.2 Å². The number of rotatable bonds is 6. The Kier molecular flexibility index (Phi) is 6.30. The van der Waals surface area contributed by atoms with Gasteiger partial charge in [0.25, 0.3) is 5.91 Å². The van der Waals surface area contributed by atoms with Crippen molar-refractivity contribution in [3.63, 3.8) is 0 Å². The van der Waals surface area contributed by atoms with E-state index in [1.807, 2.05) is 49.4 Å². The molecule has 8 heteroatoms. The first-order valence-corrected chi connectivity index (χ1v) is 10.4. The van der Waals surface area contributed by atoms with Gasteiger partial charge in [-0.3, -0.25) is 9.78 Å². The zero-order valence-corrected chi connectivity index (χ0v) is 18.3. The molecule has 1 aromatic carbocycles. The number of aromatic nitrogens is 4. The SMILES string of the molecule is Cc1c(C(=O)N(Cc2ccc(Cl)c(Cl)c2)Cc2ccccn2)cnn1-c1ccccn1. The molecule has 0 aliphatic heterocycles. The van der Waals surface area contributed by atoms with Gasteiger partial charge in [0.1, 0.15) is 0 Å². The second kappa shape index (κ2) is 9.29. The predicted molar refractivity (Wildman–Crippen MR) is 120 cm³/mol. The van der Waals surface area contributed by atoms with Gasteiger partial charge >= 0.3 is 0 Å². The Bertz CT molecular complexity index is 1200. The summed E-state index contributed by atoms with van der Waals surface area (Å²) in [5, 5.41) is 5.30. The molecule has 0 aliphatic carbocycles. The monoisotopic (exact) mass is 451 g/mol. The third-order valence-corrected chi connectivity index (χ3v) is 5.57. The van der Waals surface area contributed by atoms with Gasteiger partial charge in [-0.2, -0.15) is 5.10 Å². The number of carbonyl (C=O) groups is 1. The molecule has 0 radical (unpaired) electrons. The van der Waals surface area contributed by atoms with Gasteiger partial charge in [0.05, 0.1) is 39.7 Å². The summed E-state index contributed by atoms with van der Waals surface area (Å²) in [6.45, 7) is 2.54. The summed E-state index contributed by atoms with van der Waals surface area (Å²) in [5.74, 6) is 0.496. The molecule has 0 aliphatic rings. The molecule has 1 amide bonds.